The monoisotopic (exact) mass is 328 g/mol. The maximum Gasteiger partial charge on any atom is 0.222 e. The van der Waals surface area contributed by atoms with Crippen LogP contribution in [0.4, 0.5) is 0 Å². The molecule has 3 rings (SSSR count). The van der Waals surface area contributed by atoms with Gasteiger partial charge < -0.3 is 10.2 Å². The Morgan fingerprint density at radius 1 is 1.25 bits per heavy atom. The van der Waals surface area contributed by atoms with Crippen LogP contribution in [0.3, 0.4) is 0 Å². The number of aryl methyl sites for hydroxylation is 1. The lowest BCUT2D eigenvalue weighted by atomic mass is 9.79. The molecule has 1 fully saturated rings. The molecule has 1 aromatic rings. The lowest BCUT2D eigenvalue weighted by Crippen LogP contribution is -2.52. The lowest BCUT2D eigenvalue weighted by Gasteiger charge is -2.38. The van der Waals surface area contributed by atoms with Crippen molar-refractivity contribution < 1.29 is 9.59 Å². The minimum absolute atomic E-state index is 0.0655. The van der Waals surface area contributed by atoms with Gasteiger partial charge in [-0.25, -0.2) is 0 Å². The molecule has 0 aromatic heterocycles. The summed E-state index contributed by atoms with van der Waals surface area (Å²) < 4.78 is 0. The van der Waals surface area contributed by atoms with Crippen molar-refractivity contribution in [2.45, 2.75) is 70.4 Å². The molecule has 2 atom stereocenters. The average molecular weight is 328 g/mol. The van der Waals surface area contributed by atoms with Gasteiger partial charge in [-0.05, 0) is 56.6 Å². The van der Waals surface area contributed by atoms with Crippen molar-refractivity contribution in [2.24, 2.45) is 0 Å². The topological polar surface area (TPSA) is 49.4 Å². The molecule has 1 aliphatic heterocycles. The van der Waals surface area contributed by atoms with Gasteiger partial charge in [0.25, 0.3) is 0 Å². The van der Waals surface area contributed by atoms with Crippen molar-refractivity contribution in [1.82, 2.24) is 10.2 Å². The van der Waals surface area contributed by atoms with Gasteiger partial charge in [0.05, 0.1) is 0 Å². The quantitative estimate of drug-likeness (QED) is 0.927. The fraction of sp³-hybridized carbons (Fsp3) is 0.600. The number of likely N-dealkylation sites (tertiary alicyclic amines) is 1. The van der Waals surface area contributed by atoms with Crippen molar-refractivity contribution >= 4 is 11.8 Å². The van der Waals surface area contributed by atoms with Crippen LogP contribution in [-0.2, 0) is 22.4 Å². The molecule has 4 heteroatoms. The van der Waals surface area contributed by atoms with Gasteiger partial charge in [-0.1, -0.05) is 24.3 Å². The molecule has 0 radical (unpaired) electrons. The maximum absolute atomic E-state index is 12.6. The minimum Gasteiger partial charge on any atom is -0.351 e. The first-order valence-electron chi connectivity index (χ1n) is 9.12. The average Bonchev–Trinajstić information content (AvgIpc) is 2.54. The van der Waals surface area contributed by atoms with Gasteiger partial charge in [0.1, 0.15) is 0 Å². The normalized spacial score (nSPS) is 26.6. The van der Waals surface area contributed by atoms with E-state index in [9.17, 15) is 9.59 Å². The number of carbonyl (C=O) groups is 2. The molecule has 0 unspecified atom stereocenters. The molecule has 2 aliphatic rings. The van der Waals surface area contributed by atoms with E-state index >= 15 is 0 Å². The predicted octanol–water partition coefficient (Wildman–Crippen LogP) is 2.84. The molecule has 1 aliphatic carbocycles. The smallest absolute Gasteiger partial charge is 0.222 e. The standard InChI is InChI=1S/C20H28N2O2/c1-15(23)22-12-6-5-9-18(22)13-19(24)21-20(2)11-10-16-7-3-4-8-17(16)14-20/h3-4,7-8,18H,5-6,9-14H2,1-2H3,(H,21,24)/t18-,20-/m0/s1. The second-order valence-electron chi connectivity index (χ2n) is 7.62. The Bertz CT molecular complexity index is 628. The number of hydrogen-bond donors (Lipinski definition) is 1. The number of benzene rings is 1. The lowest BCUT2D eigenvalue weighted by molar-refractivity contribution is -0.134. The van der Waals surface area contributed by atoms with Gasteiger partial charge >= 0.3 is 0 Å². The Labute approximate surface area is 144 Å². The largest absolute Gasteiger partial charge is 0.351 e. The third kappa shape index (κ3) is 3.80. The molecule has 2 amide bonds. The third-order valence-electron chi connectivity index (χ3n) is 5.54. The van der Waals surface area contributed by atoms with Crippen LogP contribution >= 0.6 is 0 Å². The van der Waals surface area contributed by atoms with Gasteiger partial charge in [0.15, 0.2) is 0 Å². The zero-order valence-electron chi connectivity index (χ0n) is 14.8. The molecule has 4 nitrogen and oxygen atoms in total. The Balaban J connectivity index is 1.61. The summed E-state index contributed by atoms with van der Waals surface area (Å²) >= 11 is 0. The third-order valence-corrected chi connectivity index (χ3v) is 5.54. The summed E-state index contributed by atoms with van der Waals surface area (Å²) in [6, 6.07) is 8.57. The van der Waals surface area contributed by atoms with Gasteiger partial charge in [-0.3, -0.25) is 9.59 Å². The fourth-order valence-corrected chi connectivity index (χ4v) is 4.23. The van der Waals surface area contributed by atoms with Crippen molar-refractivity contribution in [1.29, 1.82) is 0 Å². The first kappa shape index (κ1) is 17.0. The summed E-state index contributed by atoms with van der Waals surface area (Å²) in [5.74, 6) is 0.167. The molecule has 130 valence electrons. The SMILES string of the molecule is CC(=O)N1CCCC[C@H]1CC(=O)N[C@@]1(C)CCc2ccccc2C1. The molecule has 1 N–H and O–H groups in total. The number of hydrogen-bond acceptors (Lipinski definition) is 2. The van der Waals surface area contributed by atoms with E-state index in [0.29, 0.717) is 6.42 Å². The van der Waals surface area contributed by atoms with Crippen LogP contribution in [0, 0.1) is 0 Å². The summed E-state index contributed by atoms with van der Waals surface area (Å²) in [5.41, 5.74) is 2.56. The molecular formula is C20H28N2O2. The van der Waals surface area contributed by atoms with Crippen molar-refractivity contribution in [2.75, 3.05) is 6.54 Å². The Morgan fingerprint density at radius 3 is 2.75 bits per heavy atom. The number of nitrogens with zero attached hydrogens (tertiary/aromatic N) is 1. The van der Waals surface area contributed by atoms with E-state index in [-0.39, 0.29) is 23.4 Å². The number of piperidine rings is 1. The Kier molecular flexibility index (Phi) is 4.93. The molecule has 1 saturated heterocycles. The number of rotatable bonds is 3. The molecule has 0 saturated carbocycles. The van der Waals surface area contributed by atoms with E-state index < -0.39 is 0 Å². The second-order valence-corrected chi connectivity index (χ2v) is 7.62. The summed E-state index contributed by atoms with van der Waals surface area (Å²) in [4.78, 5) is 26.3. The first-order valence-corrected chi connectivity index (χ1v) is 9.12. The molecule has 24 heavy (non-hydrogen) atoms. The first-order chi connectivity index (χ1) is 11.5. The van der Waals surface area contributed by atoms with Gasteiger partial charge in [-0.15, -0.1) is 0 Å². The Hall–Kier alpha value is -1.84. The van der Waals surface area contributed by atoms with Crippen molar-refractivity contribution in [3.63, 3.8) is 0 Å². The molecule has 0 bridgehead atoms. The number of carbonyl (C=O) groups excluding carboxylic acids is 2. The van der Waals surface area contributed by atoms with E-state index in [2.05, 4.69) is 36.5 Å². The van der Waals surface area contributed by atoms with Crippen molar-refractivity contribution in [3.05, 3.63) is 35.4 Å². The van der Waals surface area contributed by atoms with Gasteiger partial charge in [0.2, 0.25) is 11.8 Å². The van der Waals surface area contributed by atoms with E-state index in [1.54, 1.807) is 6.92 Å². The van der Waals surface area contributed by atoms with Crippen LogP contribution < -0.4 is 5.32 Å². The molecule has 1 heterocycles. The van der Waals surface area contributed by atoms with E-state index in [0.717, 1.165) is 45.1 Å². The van der Waals surface area contributed by atoms with Crippen LogP contribution in [0.15, 0.2) is 24.3 Å². The number of fused-ring (bicyclic) bond motifs is 1. The van der Waals surface area contributed by atoms with Gasteiger partial charge in [0, 0.05) is 31.5 Å². The predicted molar refractivity (Wildman–Crippen MR) is 94.7 cm³/mol. The van der Waals surface area contributed by atoms with Crippen LogP contribution in [0.25, 0.3) is 0 Å². The number of nitrogens with one attached hydrogen (secondary N) is 1. The summed E-state index contributed by atoms with van der Waals surface area (Å²) in [6.07, 6.45) is 6.38. The van der Waals surface area contributed by atoms with E-state index in [1.165, 1.54) is 11.1 Å². The second kappa shape index (κ2) is 6.96. The molecular weight excluding hydrogens is 300 g/mol. The number of amides is 2. The van der Waals surface area contributed by atoms with Crippen LogP contribution in [-0.4, -0.2) is 34.8 Å². The fourth-order valence-electron chi connectivity index (χ4n) is 4.23. The highest BCUT2D eigenvalue weighted by molar-refractivity contribution is 5.79. The molecule has 1 aromatic carbocycles. The van der Waals surface area contributed by atoms with E-state index in [4.69, 9.17) is 0 Å². The zero-order chi connectivity index (χ0) is 17.2. The zero-order valence-corrected chi connectivity index (χ0v) is 14.8. The highest BCUT2D eigenvalue weighted by Gasteiger charge is 2.33. The Morgan fingerprint density at radius 2 is 2.00 bits per heavy atom. The van der Waals surface area contributed by atoms with Crippen LogP contribution in [0.1, 0.15) is 57.1 Å². The highest BCUT2D eigenvalue weighted by atomic mass is 16.2. The van der Waals surface area contributed by atoms with Gasteiger partial charge in [-0.2, -0.15) is 0 Å². The highest BCUT2D eigenvalue weighted by Crippen LogP contribution is 2.29. The minimum atomic E-state index is -0.179. The summed E-state index contributed by atoms with van der Waals surface area (Å²) in [7, 11) is 0. The summed E-state index contributed by atoms with van der Waals surface area (Å²) in [6.45, 7) is 4.54. The summed E-state index contributed by atoms with van der Waals surface area (Å²) in [5, 5.41) is 3.27. The maximum atomic E-state index is 12.6. The van der Waals surface area contributed by atoms with Crippen LogP contribution in [0.2, 0.25) is 0 Å². The molecule has 0 spiro atoms. The van der Waals surface area contributed by atoms with Crippen LogP contribution in [0.5, 0.6) is 0 Å². The van der Waals surface area contributed by atoms with Crippen molar-refractivity contribution in [3.8, 4) is 0 Å². The van der Waals surface area contributed by atoms with E-state index in [1.807, 2.05) is 4.90 Å².